The lowest BCUT2D eigenvalue weighted by atomic mass is 10.2. The summed E-state index contributed by atoms with van der Waals surface area (Å²) < 4.78 is 5.14. The van der Waals surface area contributed by atoms with Gasteiger partial charge in [0.2, 0.25) is 5.76 Å². The molecule has 1 aromatic heterocycles. The SMILES string of the molecule is Cc1oc(C(=O)O)cc1CNCc1ccc(Cl)cc1. The zero-order valence-electron chi connectivity index (χ0n) is 10.4. The van der Waals surface area contributed by atoms with Crippen LogP contribution in [0.1, 0.15) is 27.4 Å². The number of halogens is 1. The Bertz CT molecular complexity index is 575. The molecule has 4 nitrogen and oxygen atoms in total. The zero-order valence-corrected chi connectivity index (χ0v) is 11.2. The van der Waals surface area contributed by atoms with Gasteiger partial charge in [0, 0.05) is 23.7 Å². The van der Waals surface area contributed by atoms with Crippen LogP contribution in [0.25, 0.3) is 0 Å². The van der Waals surface area contributed by atoms with Crippen LogP contribution in [0.5, 0.6) is 0 Å². The molecule has 5 heteroatoms. The average Bonchev–Trinajstić information content (AvgIpc) is 2.74. The van der Waals surface area contributed by atoms with E-state index in [1.54, 1.807) is 13.0 Å². The van der Waals surface area contributed by atoms with E-state index in [1.165, 1.54) is 0 Å². The molecule has 0 aliphatic rings. The molecule has 2 N–H and O–H groups in total. The van der Waals surface area contributed by atoms with Crippen molar-refractivity contribution in [3.05, 3.63) is 58.0 Å². The molecule has 0 saturated carbocycles. The summed E-state index contributed by atoms with van der Waals surface area (Å²) in [6.07, 6.45) is 0. The van der Waals surface area contributed by atoms with Gasteiger partial charge in [-0.15, -0.1) is 0 Å². The summed E-state index contributed by atoms with van der Waals surface area (Å²) in [5.41, 5.74) is 1.97. The maximum absolute atomic E-state index is 10.8. The van der Waals surface area contributed by atoms with E-state index in [9.17, 15) is 4.79 Å². The Morgan fingerprint density at radius 3 is 2.58 bits per heavy atom. The van der Waals surface area contributed by atoms with Crippen LogP contribution in [0, 0.1) is 6.92 Å². The van der Waals surface area contributed by atoms with Crippen LogP contribution in [0.2, 0.25) is 5.02 Å². The largest absolute Gasteiger partial charge is 0.475 e. The molecule has 0 unspecified atom stereocenters. The topological polar surface area (TPSA) is 62.5 Å². The summed E-state index contributed by atoms with van der Waals surface area (Å²) in [4.78, 5) is 10.8. The Morgan fingerprint density at radius 1 is 1.32 bits per heavy atom. The Kier molecular flexibility index (Phi) is 4.24. The van der Waals surface area contributed by atoms with Crippen molar-refractivity contribution >= 4 is 17.6 Å². The summed E-state index contributed by atoms with van der Waals surface area (Å²) >= 11 is 5.81. The smallest absolute Gasteiger partial charge is 0.371 e. The first-order valence-corrected chi connectivity index (χ1v) is 6.22. The van der Waals surface area contributed by atoms with Crippen LogP contribution in [-0.4, -0.2) is 11.1 Å². The quantitative estimate of drug-likeness (QED) is 0.882. The van der Waals surface area contributed by atoms with Gasteiger partial charge in [-0.3, -0.25) is 0 Å². The highest BCUT2D eigenvalue weighted by atomic mass is 35.5. The molecule has 0 aliphatic heterocycles. The van der Waals surface area contributed by atoms with Gasteiger partial charge >= 0.3 is 5.97 Å². The number of aromatic carboxylic acids is 1. The third kappa shape index (κ3) is 3.59. The van der Waals surface area contributed by atoms with E-state index in [0.717, 1.165) is 11.1 Å². The minimum Gasteiger partial charge on any atom is -0.475 e. The molecule has 0 saturated heterocycles. The lowest BCUT2D eigenvalue weighted by Crippen LogP contribution is -2.12. The number of hydrogen-bond acceptors (Lipinski definition) is 3. The molecule has 2 rings (SSSR count). The molecule has 0 radical (unpaired) electrons. The summed E-state index contributed by atoms with van der Waals surface area (Å²) in [7, 11) is 0. The maximum atomic E-state index is 10.8. The minimum atomic E-state index is -1.05. The van der Waals surface area contributed by atoms with Crippen molar-refractivity contribution in [2.24, 2.45) is 0 Å². The monoisotopic (exact) mass is 279 g/mol. The van der Waals surface area contributed by atoms with Crippen molar-refractivity contribution in [3.8, 4) is 0 Å². The highest BCUT2D eigenvalue weighted by molar-refractivity contribution is 6.30. The third-order valence-electron chi connectivity index (χ3n) is 2.79. The van der Waals surface area contributed by atoms with Crippen molar-refractivity contribution in [2.75, 3.05) is 0 Å². The molecule has 1 aromatic carbocycles. The molecule has 0 amide bonds. The predicted octanol–water partition coefficient (Wildman–Crippen LogP) is 3.23. The van der Waals surface area contributed by atoms with Gasteiger partial charge in [0.25, 0.3) is 0 Å². The molecule has 0 atom stereocenters. The van der Waals surface area contributed by atoms with Gasteiger partial charge in [0.05, 0.1) is 0 Å². The second-order valence-corrected chi connectivity index (χ2v) is 4.66. The molecule has 0 bridgehead atoms. The highest BCUT2D eigenvalue weighted by Gasteiger charge is 2.12. The van der Waals surface area contributed by atoms with Crippen LogP contribution >= 0.6 is 11.6 Å². The molecular weight excluding hydrogens is 266 g/mol. The number of nitrogens with one attached hydrogen (secondary N) is 1. The number of carboxylic acids is 1. The summed E-state index contributed by atoms with van der Waals surface area (Å²) in [5, 5.41) is 12.8. The number of furan rings is 1. The first-order valence-electron chi connectivity index (χ1n) is 5.84. The van der Waals surface area contributed by atoms with Crippen molar-refractivity contribution in [2.45, 2.75) is 20.0 Å². The lowest BCUT2D eigenvalue weighted by Gasteiger charge is -2.04. The Labute approximate surface area is 116 Å². The Hall–Kier alpha value is -1.78. The number of aryl methyl sites for hydroxylation is 1. The second kappa shape index (κ2) is 5.91. The van der Waals surface area contributed by atoms with Crippen LogP contribution < -0.4 is 5.32 Å². The Balaban J connectivity index is 1.92. The van der Waals surface area contributed by atoms with Gasteiger partial charge in [-0.1, -0.05) is 23.7 Å². The number of carboxylic acid groups (broad SMARTS) is 1. The van der Waals surface area contributed by atoms with Crippen molar-refractivity contribution in [1.29, 1.82) is 0 Å². The van der Waals surface area contributed by atoms with E-state index < -0.39 is 5.97 Å². The van der Waals surface area contributed by atoms with Gasteiger partial charge in [-0.2, -0.15) is 0 Å². The fraction of sp³-hybridized carbons (Fsp3) is 0.214. The summed E-state index contributed by atoms with van der Waals surface area (Å²) in [6.45, 7) is 3.00. The fourth-order valence-electron chi connectivity index (χ4n) is 1.74. The van der Waals surface area contributed by atoms with Gasteiger partial charge in [-0.05, 0) is 30.7 Å². The number of hydrogen-bond donors (Lipinski definition) is 2. The van der Waals surface area contributed by atoms with E-state index >= 15 is 0 Å². The van der Waals surface area contributed by atoms with E-state index in [1.807, 2.05) is 24.3 Å². The molecule has 19 heavy (non-hydrogen) atoms. The first-order chi connectivity index (χ1) is 9.06. The minimum absolute atomic E-state index is 0.0270. The summed E-state index contributed by atoms with van der Waals surface area (Å²) in [5.74, 6) is -0.450. The van der Waals surface area contributed by atoms with E-state index in [0.29, 0.717) is 23.9 Å². The van der Waals surface area contributed by atoms with E-state index in [-0.39, 0.29) is 5.76 Å². The molecule has 2 aromatic rings. The van der Waals surface area contributed by atoms with Crippen molar-refractivity contribution in [1.82, 2.24) is 5.32 Å². The molecule has 0 aliphatic carbocycles. The molecule has 0 fully saturated rings. The maximum Gasteiger partial charge on any atom is 0.371 e. The van der Waals surface area contributed by atoms with Gasteiger partial charge in [-0.25, -0.2) is 4.79 Å². The van der Waals surface area contributed by atoms with Crippen molar-refractivity contribution < 1.29 is 14.3 Å². The Morgan fingerprint density at radius 2 is 2.00 bits per heavy atom. The fourth-order valence-corrected chi connectivity index (χ4v) is 1.87. The van der Waals surface area contributed by atoms with E-state index in [2.05, 4.69) is 5.32 Å². The molecular formula is C14H14ClNO3. The van der Waals surface area contributed by atoms with Gasteiger partial charge in [0.15, 0.2) is 0 Å². The number of rotatable bonds is 5. The van der Waals surface area contributed by atoms with Crippen LogP contribution in [0.3, 0.4) is 0 Å². The standard InChI is InChI=1S/C14H14ClNO3/c1-9-11(6-13(19-9)14(17)18)8-16-7-10-2-4-12(15)5-3-10/h2-6,16H,7-8H2,1H3,(H,17,18). The third-order valence-corrected chi connectivity index (χ3v) is 3.04. The van der Waals surface area contributed by atoms with Crippen LogP contribution in [-0.2, 0) is 13.1 Å². The lowest BCUT2D eigenvalue weighted by molar-refractivity contribution is 0.0661. The zero-order chi connectivity index (χ0) is 13.8. The molecule has 0 spiro atoms. The normalized spacial score (nSPS) is 10.6. The molecule has 1 heterocycles. The van der Waals surface area contributed by atoms with Gasteiger partial charge in [0.1, 0.15) is 5.76 Å². The highest BCUT2D eigenvalue weighted by Crippen LogP contribution is 2.15. The second-order valence-electron chi connectivity index (χ2n) is 4.23. The van der Waals surface area contributed by atoms with E-state index in [4.69, 9.17) is 21.1 Å². The van der Waals surface area contributed by atoms with Crippen LogP contribution in [0.4, 0.5) is 0 Å². The van der Waals surface area contributed by atoms with Crippen LogP contribution in [0.15, 0.2) is 34.7 Å². The first kappa shape index (κ1) is 13.6. The number of benzene rings is 1. The predicted molar refractivity (Wildman–Crippen MR) is 72.4 cm³/mol. The average molecular weight is 280 g/mol. The van der Waals surface area contributed by atoms with Gasteiger partial charge < -0.3 is 14.8 Å². The summed E-state index contributed by atoms with van der Waals surface area (Å²) in [6, 6.07) is 9.11. The number of carbonyl (C=O) groups is 1. The molecule has 100 valence electrons. The van der Waals surface area contributed by atoms with Crippen molar-refractivity contribution in [3.63, 3.8) is 0 Å².